The first kappa shape index (κ1) is 26.0. The zero-order chi connectivity index (χ0) is 24.3. The standard InChI is InChI=1S/C23H36N3O5P/c1-15(2)23(7,16(3)4)32(28,30-19-13-18(6)21(27)20(14-19)29-9)31-25-26(8)22-17(5)11-10-12-24-22/h10-16,25,27H,1-9H3. The van der Waals surface area contributed by atoms with Gasteiger partial charge in [-0.05, 0) is 55.9 Å². The van der Waals surface area contributed by atoms with Crippen LogP contribution in [0, 0.1) is 25.7 Å². The van der Waals surface area contributed by atoms with Crippen LogP contribution < -0.4 is 19.9 Å². The van der Waals surface area contributed by atoms with Gasteiger partial charge in [-0.2, -0.15) is 4.62 Å². The zero-order valence-electron chi connectivity index (χ0n) is 20.5. The van der Waals surface area contributed by atoms with Crippen LogP contribution >= 0.6 is 7.60 Å². The quantitative estimate of drug-likeness (QED) is 0.345. The Bertz CT molecular complexity index is 972. The summed E-state index contributed by atoms with van der Waals surface area (Å²) in [4.78, 5) is 4.35. The summed E-state index contributed by atoms with van der Waals surface area (Å²) in [6, 6.07) is 6.89. The first-order valence-electron chi connectivity index (χ1n) is 10.6. The largest absolute Gasteiger partial charge is 0.504 e. The molecule has 32 heavy (non-hydrogen) atoms. The Labute approximate surface area is 191 Å². The maximum atomic E-state index is 14.4. The lowest BCUT2D eigenvalue weighted by molar-refractivity contribution is 0.134. The number of anilines is 1. The van der Waals surface area contributed by atoms with Gasteiger partial charge in [-0.25, -0.2) is 9.55 Å². The van der Waals surface area contributed by atoms with Gasteiger partial charge in [-0.1, -0.05) is 33.8 Å². The van der Waals surface area contributed by atoms with Crippen LogP contribution in [-0.4, -0.2) is 29.4 Å². The van der Waals surface area contributed by atoms with E-state index < -0.39 is 12.8 Å². The fraction of sp³-hybridized carbons (Fsp3) is 0.522. The summed E-state index contributed by atoms with van der Waals surface area (Å²) < 4.78 is 31.7. The molecule has 9 heteroatoms. The van der Waals surface area contributed by atoms with Crippen LogP contribution in [0.25, 0.3) is 0 Å². The highest BCUT2D eigenvalue weighted by molar-refractivity contribution is 7.56. The number of rotatable bonds is 10. The highest BCUT2D eigenvalue weighted by Crippen LogP contribution is 2.65. The van der Waals surface area contributed by atoms with Crippen molar-refractivity contribution in [1.29, 1.82) is 0 Å². The van der Waals surface area contributed by atoms with Crippen LogP contribution in [0.2, 0.25) is 0 Å². The van der Waals surface area contributed by atoms with Gasteiger partial charge < -0.3 is 14.4 Å². The van der Waals surface area contributed by atoms with Gasteiger partial charge in [-0.15, -0.1) is 5.59 Å². The number of aryl methyl sites for hydroxylation is 2. The number of pyridine rings is 1. The van der Waals surface area contributed by atoms with Crippen molar-refractivity contribution in [3.05, 3.63) is 41.6 Å². The lowest BCUT2D eigenvalue weighted by Gasteiger charge is -2.42. The predicted molar refractivity (Wildman–Crippen MR) is 127 cm³/mol. The third-order valence-electron chi connectivity index (χ3n) is 6.21. The van der Waals surface area contributed by atoms with E-state index in [9.17, 15) is 9.67 Å². The lowest BCUT2D eigenvalue weighted by Crippen LogP contribution is -2.43. The summed E-state index contributed by atoms with van der Waals surface area (Å²) in [7, 11) is -0.666. The molecule has 178 valence electrons. The Morgan fingerprint density at radius 1 is 1.16 bits per heavy atom. The molecule has 1 heterocycles. The number of phenolic OH excluding ortho intramolecular Hbond substituents is 1. The van der Waals surface area contributed by atoms with E-state index in [-0.39, 0.29) is 29.1 Å². The van der Waals surface area contributed by atoms with Crippen LogP contribution in [0.5, 0.6) is 17.2 Å². The van der Waals surface area contributed by atoms with E-state index in [4.69, 9.17) is 13.9 Å². The van der Waals surface area contributed by atoms with E-state index in [2.05, 4.69) is 10.6 Å². The summed E-state index contributed by atoms with van der Waals surface area (Å²) in [5, 5.41) is 10.9. The third kappa shape index (κ3) is 5.03. The molecule has 2 aromatic rings. The number of aromatic nitrogens is 1. The number of hydrogen-bond acceptors (Lipinski definition) is 8. The number of hydrazine groups is 1. The van der Waals surface area contributed by atoms with E-state index in [0.29, 0.717) is 11.4 Å². The Balaban J connectivity index is 2.47. The Kier molecular flexibility index (Phi) is 8.21. The second kappa shape index (κ2) is 10.1. The fourth-order valence-electron chi connectivity index (χ4n) is 3.56. The molecule has 1 atom stereocenters. The molecule has 1 aromatic carbocycles. The SMILES string of the molecule is COc1cc(OP(=O)(ONN(C)c2ncccc2C)C(C)(C(C)C)C(C)C)cc(C)c1O. The summed E-state index contributed by atoms with van der Waals surface area (Å²) in [6.45, 7) is 13.5. The maximum absolute atomic E-state index is 14.4. The highest BCUT2D eigenvalue weighted by Gasteiger charge is 2.54. The van der Waals surface area contributed by atoms with Crippen molar-refractivity contribution in [2.24, 2.45) is 11.8 Å². The molecular weight excluding hydrogens is 429 g/mol. The number of ether oxygens (including phenoxy) is 1. The smallest absolute Gasteiger partial charge is 0.403 e. The van der Waals surface area contributed by atoms with Crippen molar-refractivity contribution >= 4 is 13.4 Å². The van der Waals surface area contributed by atoms with Gasteiger partial charge in [0.1, 0.15) is 11.6 Å². The minimum Gasteiger partial charge on any atom is -0.504 e. The van der Waals surface area contributed by atoms with Crippen LogP contribution in [0.15, 0.2) is 30.5 Å². The number of phenols is 1. The van der Waals surface area contributed by atoms with Crippen molar-refractivity contribution in [3.63, 3.8) is 0 Å². The number of methoxy groups -OCH3 is 1. The van der Waals surface area contributed by atoms with Gasteiger partial charge >= 0.3 is 7.60 Å². The van der Waals surface area contributed by atoms with E-state index in [0.717, 1.165) is 5.56 Å². The van der Waals surface area contributed by atoms with E-state index in [1.54, 1.807) is 31.2 Å². The van der Waals surface area contributed by atoms with Crippen molar-refractivity contribution in [1.82, 2.24) is 10.6 Å². The van der Waals surface area contributed by atoms with Gasteiger partial charge in [0, 0.05) is 19.3 Å². The van der Waals surface area contributed by atoms with Crippen LogP contribution in [0.3, 0.4) is 0 Å². The second-order valence-electron chi connectivity index (χ2n) is 8.80. The summed E-state index contributed by atoms with van der Waals surface area (Å²) in [5.41, 5.74) is 4.24. The van der Waals surface area contributed by atoms with E-state index in [1.165, 1.54) is 13.2 Å². The molecule has 0 amide bonds. The summed E-state index contributed by atoms with van der Waals surface area (Å²) in [5.74, 6) is 1.10. The second-order valence-corrected chi connectivity index (χ2v) is 11.1. The summed E-state index contributed by atoms with van der Waals surface area (Å²) in [6.07, 6.45) is 1.68. The molecule has 2 N–H and O–H groups in total. The molecule has 0 radical (unpaired) electrons. The van der Waals surface area contributed by atoms with E-state index in [1.807, 2.05) is 53.7 Å². The van der Waals surface area contributed by atoms with Crippen LogP contribution in [0.1, 0.15) is 45.7 Å². The minimum absolute atomic E-state index is 0.00886. The first-order valence-corrected chi connectivity index (χ1v) is 12.2. The van der Waals surface area contributed by atoms with Crippen molar-refractivity contribution < 1.29 is 23.6 Å². The molecule has 1 unspecified atom stereocenters. The molecule has 0 saturated heterocycles. The normalized spacial score (nSPS) is 13.8. The third-order valence-corrected chi connectivity index (χ3v) is 9.20. The van der Waals surface area contributed by atoms with Crippen LogP contribution in [0.4, 0.5) is 5.82 Å². The lowest BCUT2D eigenvalue weighted by atomic mass is 9.86. The minimum atomic E-state index is -3.85. The zero-order valence-corrected chi connectivity index (χ0v) is 21.4. The van der Waals surface area contributed by atoms with E-state index >= 15 is 0 Å². The monoisotopic (exact) mass is 465 g/mol. The average molecular weight is 466 g/mol. The molecule has 8 nitrogen and oxygen atoms in total. The molecule has 0 aliphatic rings. The number of nitrogens with zero attached hydrogens (tertiary/aromatic N) is 2. The molecule has 2 rings (SSSR count). The molecular formula is C23H36N3O5P. The van der Waals surface area contributed by atoms with Crippen LogP contribution in [-0.2, 0) is 9.19 Å². The van der Waals surface area contributed by atoms with Crippen molar-refractivity contribution in [3.8, 4) is 17.2 Å². The fourth-order valence-corrected chi connectivity index (χ4v) is 5.87. The van der Waals surface area contributed by atoms with Gasteiger partial charge in [0.05, 0.1) is 12.3 Å². The Hall–Kier alpha value is -2.28. The topological polar surface area (TPSA) is 93.2 Å². The molecule has 1 aromatic heterocycles. The average Bonchev–Trinajstić information content (AvgIpc) is 2.73. The molecule has 0 spiro atoms. The van der Waals surface area contributed by atoms with Gasteiger partial charge in [0.25, 0.3) is 0 Å². The predicted octanol–water partition coefficient (Wildman–Crippen LogP) is 5.63. The van der Waals surface area contributed by atoms with Gasteiger partial charge in [0.2, 0.25) is 0 Å². The van der Waals surface area contributed by atoms with Gasteiger partial charge in [-0.3, -0.25) is 5.01 Å². The maximum Gasteiger partial charge on any atom is 0.403 e. The molecule has 0 aliphatic carbocycles. The number of benzene rings is 1. The molecule has 0 bridgehead atoms. The number of hydrogen-bond donors (Lipinski definition) is 2. The summed E-state index contributed by atoms with van der Waals surface area (Å²) >= 11 is 0. The van der Waals surface area contributed by atoms with Crippen molar-refractivity contribution in [2.75, 3.05) is 19.2 Å². The highest BCUT2D eigenvalue weighted by atomic mass is 31.2. The Morgan fingerprint density at radius 3 is 2.31 bits per heavy atom. The number of nitrogens with one attached hydrogen (secondary N) is 1. The first-order chi connectivity index (χ1) is 14.9. The molecule has 0 aliphatic heterocycles. The molecule has 0 saturated carbocycles. The Morgan fingerprint density at radius 2 is 1.78 bits per heavy atom. The molecule has 0 fully saturated rings. The van der Waals surface area contributed by atoms with Crippen molar-refractivity contribution in [2.45, 2.75) is 53.6 Å². The van der Waals surface area contributed by atoms with Gasteiger partial charge in [0.15, 0.2) is 11.5 Å². The number of aromatic hydroxyl groups is 1.